The first-order chi connectivity index (χ1) is 37.8. The summed E-state index contributed by atoms with van der Waals surface area (Å²) < 4.78 is 5.25. The van der Waals surface area contributed by atoms with Gasteiger partial charge in [-0.2, -0.15) is 306 Å². The van der Waals surface area contributed by atoms with Crippen LogP contribution < -0.4 is 6.14 Å². The van der Waals surface area contributed by atoms with Crippen LogP contribution in [-0.4, -0.2) is 325 Å². The molecular weight excluding hydrogens is 1780 g/mol. The minimum Gasteiger partial charge on any atom is -0.344 e. The zero-order valence-corrected chi connectivity index (χ0v) is 84.4. The van der Waals surface area contributed by atoms with E-state index < -0.39 is 0 Å². The molecule has 0 radical (unpaired) electrons. The summed E-state index contributed by atoms with van der Waals surface area (Å²) >= 11 is 45.5. The molecule has 0 spiro atoms. The van der Waals surface area contributed by atoms with Gasteiger partial charge >= 0.3 is 0 Å². The Kier molecular flexibility index (Phi) is 4160. The van der Waals surface area contributed by atoms with Crippen LogP contribution in [-0.2, 0) is 0 Å². The molecule has 0 saturated heterocycles. The van der Waals surface area contributed by atoms with E-state index in [-0.39, 0.29) is 193 Å². The Balaban J connectivity index is -0.00000000535. The summed E-state index contributed by atoms with van der Waals surface area (Å²) in [5.74, 6) is 0. The first-order valence-electron chi connectivity index (χ1n) is 21.8. The standard InChI is InChI=1S/26C2H6S.26CH4.H3N/c26*1-3-2;;;;;;;;;;;;;;;;;;;;;;;;;;;/h26*1-2H3;26*1H4;1H3/i/hD. The molecule has 27 heteroatoms. The van der Waals surface area contributed by atoms with Crippen molar-refractivity contribution in [3.63, 3.8) is 0 Å². The molecule has 0 rings (SSSR count). The van der Waals surface area contributed by atoms with Crippen molar-refractivity contribution in [2.45, 2.75) is 193 Å². The Morgan fingerprint density at radius 2 is 0.0762 bits per heavy atom. The highest BCUT2D eigenvalue weighted by molar-refractivity contribution is 8.02. The second-order valence-electron chi connectivity index (χ2n) is 10.6. The number of thioether (sulfide) groups is 26. The van der Waals surface area contributed by atoms with Crippen LogP contribution in [0.3, 0.4) is 0 Å². The van der Waals surface area contributed by atoms with Crippen molar-refractivity contribution in [2.75, 3.05) is 325 Å². The molecule has 0 aromatic rings. The molecule has 0 aromatic carbocycles. The lowest BCUT2D eigenvalue weighted by atomic mass is 11.9. The summed E-state index contributed by atoms with van der Waals surface area (Å²) in [7, 11) is 0. The first-order valence-corrected chi connectivity index (χ1v) is 63.7. The molecule has 0 heterocycles. The molecule has 0 bridgehead atoms. The quantitative estimate of drug-likeness (QED) is 0.250. The summed E-state index contributed by atoms with van der Waals surface area (Å²) in [6.45, 7) is 0. The van der Waals surface area contributed by atoms with Gasteiger partial charge < -0.3 is 6.14 Å². The van der Waals surface area contributed by atoms with Crippen molar-refractivity contribution >= 4 is 306 Å². The molecule has 3 N–H and O–H groups in total. The van der Waals surface area contributed by atoms with Crippen molar-refractivity contribution in [2.24, 2.45) is 0 Å². The van der Waals surface area contributed by atoms with E-state index in [0.717, 1.165) is 0 Å². The van der Waals surface area contributed by atoms with E-state index >= 15 is 0 Å². The Bertz CT molecular complexity index is 223. The van der Waals surface area contributed by atoms with Gasteiger partial charge in [0.05, 0.1) is 0 Å². The summed E-state index contributed by atoms with van der Waals surface area (Å²) in [5, 5.41) is 0. The zero-order chi connectivity index (χ0) is 72.4. The molecule has 0 aromatic heterocycles. The Morgan fingerprint density at radius 3 is 0.0762 bits per heavy atom. The largest absolute Gasteiger partial charge is 0.344 e. The van der Waals surface area contributed by atoms with E-state index in [9.17, 15) is 0 Å². The van der Waals surface area contributed by atoms with Crippen LogP contribution in [0.1, 0.15) is 193 Å². The SMILES string of the molecule is C.C.C.C.C.C.C.C.C.C.C.C.C.C.C.C.C.C.C.C.C.C.C.C.C.C.CSC.CSC.CSC.CSC.CSC.CSC.CSC.CSC.CSC.CSC.CSC.CSC.CSC.CSC.CSC.CSC.CSC.CSC.CSC.CSC.CSC.CSC.CSC.CSC.CSC.CSC.[2H]N. The molecule has 736 valence electrons. The predicted molar refractivity (Wildman–Crippen MR) is 685 cm³/mol. The molecule has 0 saturated carbocycles. The lowest BCUT2D eigenvalue weighted by molar-refractivity contribution is 2.13. The molecule has 0 fully saturated rings. The average molecular weight is 2050 g/mol. The fraction of sp³-hybridized carbons (Fsp3) is 1.00. The molecule has 0 aliphatic rings. The maximum absolute atomic E-state index is 5.25. The van der Waals surface area contributed by atoms with Crippen LogP contribution in [0.5, 0.6) is 0 Å². The van der Waals surface area contributed by atoms with E-state index in [0.29, 0.717) is 0 Å². The zero-order valence-electron chi connectivity index (χ0n) is 64.2. The lowest BCUT2D eigenvalue weighted by Gasteiger charge is -1.51. The Labute approximate surface area is 821 Å². The van der Waals surface area contributed by atoms with Crippen molar-refractivity contribution in [3.05, 3.63) is 0 Å². The van der Waals surface area contributed by atoms with E-state index in [2.05, 4.69) is 6.14 Å². The average Bonchev–Trinajstić information content (AvgIpc) is 3.34. The maximum Gasteiger partial charge on any atom is 0.115 e. The third-order valence-corrected chi connectivity index (χ3v) is 0. The summed E-state index contributed by atoms with van der Waals surface area (Å²) in [6, 6.07) is 0. The van der Waals surface area contributed by atoms with Crippen LogP contribution in [0.15, 0.2) is 0 Å². The summed E-state index contributed by atoms with van der Waals surface area (Å²) in [6.07, 6.45) is 110. The molecule has 0 aliphatic heterocycles. The van der Waals surface area contributed by atoms with Crippen LogP contribution >= 0.6 is 306 Å². The van der Waals surface area contributed by atoms with E-state index in [1.807, 2.05) is 325 Å². The highest BCUT2D eigenvalue weighted by Gasteiger charge is 1.40. The van der Waals surface area contributed by atoms with Crippen molar-refractivity contribution in [3.8, 4) is 0 Å². The van der Waals surface area contributed by atoms with Crippen molar-refractivity contribution < 1.29 is 1.41 Å². The highest BCUT2D eigenvalue weighted by atomic mass is 32.2. The van der Waals surface area contributed by atoms with Crippen molar-refractivity contribution in [1.82, 2.24) is 6.14 Å². The van der Waals surface area contributed by atoms with E-state index in [1.54, 1.807) is 306 Å². The smallest absolute Gasteiger partial charge is 0.115 e. The minimum absolute atomic E-state index is 0. The second-order valence-corrected chi connectivity index (χ2v) is 31.8. The second kappa shape index (κ2) is 1160. The van der Waals surface area contributed by atoms with Gasteiger partial charge in [0.2, 0.25) is 0 Å². The molecule has 0 atom stereocenters. The highest BCUT2D eigenvalue weighted by Crippen LogP contribution is 1.77. The maximum atomic E-state index is 5.25. The van der Waals surface area contributed by atoms with Gasteiger partial charge in [0.25, 0.3) is 0 Å². The number of rotatable bonds is 0. The van der Waals surface area contributed by atoms with Gasteiger partial charge in [-0.3, -0.25) is 0 Å². The molecular formula is C78H263NS26. The Morgan fingerprint density at radius 1 is 0.0762 bits per heavy atom. The monoisotopic (exact) mass is 2050 g/mol. The van der Waals surface area contributed by atoms with Crippen LogP contribution in [0.4, 0.5) is 0 Å². The fourth-order valence-electron chi connectivity index (χ4n) is 0. The van der Waals surface area contributed by atoms with E-state index in [4.69, 9.17) is 1.41 Å². The normalized spacial score (nSPS) is 4.52. The lowest BCUT2D eigenvalue weighted by Crippen LogP contribution is -1.25. The van der Waals surface area contributed by atoms with Crippen LogP contribution in [0.25, 0.3) is 0 Å². The number of hydrogen-bond acceptors (Lipinski definition) is 27. The van der Waals surface area contributed by atoms with Crippen LogP contribution in [0.2, 0.25) is 1.41 Å². The van der Waals surface area contributed by atoms with Gasteiger partial charge in [0.1, 0.15) is 1.41 Å². The molecule has 105 heavy (non-hydrogen) atoms. The number of hydrogen-bond donors (Lipinski definition) is 1. The molecule has 0 amide bonds. The van der Waals surface area contributed by atoms with Gasteiger partial charge in [-0.1, -0.05) is 193 Å². The van der Waals surface area contributed by atoms with Gasteiger partial charge in [-0.15, -0.1) is 0 Å². The molecule has 0 aliphatic carbocycles. The van der Waals surface area contributed by atoms with Crippen molar-refractivity contribution in [1.29, 1.82) is 0 Å². The van der Waals surface area contributed by atoms with Gasteiger partial charge in [-0.25, -0.2) is 0 Å². The minimum atomic E-state index is 0. The van der Waals surface area contributed by atoms with Gasteiger partial charge in [0, 0.05) is 0 Å². The summed E-state index contributed by atoms with van der Waals surface area (Å²) in [4.78, 5) is 0. The van der Waals surface area contributed by atoms with Gasteiger partial charge in [-0.05, 0) is 325 Å². The summed E-state index contributed by atoms with van der Waals surface area (Å²) in [5.41, 5.74) is 0. The third-order valence-electron chi connectivity index (χ3n) is 0. The molecule has 1 nitrogen and oxygen atoms in total. The topological polar surface area (TPSA) is 35.0 Å². The predicted octanol–water partition coefficient (Wildman–Crippen LogP) is 42.2. The van der Waals surface area contributed by atoms with Gasteiger partial charge in [0.15, 0.2) is 0 Å². The third kappa shape index (κ3) is 17000. The molecule has 0 unspecified atom stereocenters. The fourth-order valence-corrected chi connectivity index (χ4v) is 0. The first kappa shape index (κ1) is 379. The van der Waals surface area contributed by atoms with E-state index in [1.165, 1.54) is 0 Å². The van der Waals surface area contributed by atoms with Crippen LogP contribution in [0, 0.1) is 0 Å². The Hall–Kier alpha value is 9.06.